The molecule has 0 aliphatic carbocycles. The van der Waals surface area contributed by atoms with Gasteiger partial charge in [0.15, 0.2) is 5.54 Å². The van der Waals surface area contributed by atoms with Crippen molar-refractivity contribution < 1.29 is 31.8 Å². The third kappa shape index (κ3) is 3.77. The van der Waals surface area contributed by atoms with E-state index < -0.39 is 41.4 Å². The van der Waals surface area contributed by atoms with Crippen LogP contribution in [-0.4, -0.2) is 31.3 Å². The number of rotatable bonds is 4. The van der Waals surface area contributed by atoms with Crippen LogP contribution in [0.1, 0.15) is 18.9 Å². The largest absolute Gasteiger partial charge is 0.480 e. The van der Waals surface area contributed by atoms with Crippen LogP contribution in [0, 0.1) is 18.2 Å². The van der Waals surface area contributed by atoms with Gasteiger partial charge < -0.3 is 9.47 Å². The highest BCUT2D eigenvalue weighted by Gasteiger charge is 2.60. The number of amides is 1. The lowest BCUT2D eigenvalue weighted by Crippen LogP contribution is -2.52. The van der Waals surface area contributed by atoms with Gasteiger partial charge in [-0.05, 0) is 35.0 Å². The van der Waals surface area contributed by atoms with E-state index in [4.69, 9.17) is 15.9 Å². The second kappa shape index (κ2) is 7.53. The maximum absolute atomic E-state index is 14.5. The Kier molecular flexibility index (Phi) is 5.81. The molecule has 5 nitrogen and oxygen atoms in total. The number of nitrogens with zero attached hydrogens (tertiary/aromatic N) is 1. The quantitative estimate of drug-likeness (QED) is 0.581. The SMILES string of the molecule is C#CCOc1cc(C2(C(F)(F)F)CC(=O)NC(OCC)=N2)c(F)cc1Br. The number of carbonyl (C=O) groups is 1. The first-order chi connectivity index (χ1) is 12.1. The summed E-state index contributed by atoms with van der Waals surface area (Å²) in [5.74, 6) is -0.169. The van der Waals surface area contributed by atoms with Crippen LogP contribution in [0.5, 0.6) is 5.75 Å². The fourth-order valence-corrected chi connectivity index (χ4v) is 2.82. The van der Waals surface area contributed by atoms with Crippen molar-refractivity contribution in [2.45, 2.75) is 25.1 Å². The van der Waals surface area contributed by atoms with Gasteiger partial charge in [-0.3, -0.25) is 10.1 Å². The number of terminal acetylenes is 1. The summed E-state index contributed by atoms with van der Waals surface area (Å²) < 4.78 is 66.4. The minimum absolute atomic E-state index is 0.0353. The first-order valence-electron chi connectivity index (χ1n) is 7.29. The zero-order valence-electron chi connectivity index (χ0n) is 13.4. The molecule has 26 heavy (non-hydrogen) atoms. The summed E-state index contributed by atoms with van der Waals surface area (Å²) in [5, 5.41) is 2.09. The number of halogens is 5. The molecule has 2 rings (SSSR count). The fraction of sp³-hybridized carbons (Fsp3) is 0.375. The molecule has 0 saturated carbocycles. The first kappa shape index (κ1) is 20.0. The number of amidine groups is 1. The zero-order chi connectivity index (χ0) is 19.5. The van der Waals surface area contributed by atoms with Gasteiger partial charge in [0.05, 0.1) is 17.5 Å². The highest BCUT2D eigenvalue weighted by molar-refractivity contribution is 9.10. The van der Waals surface area contributed by atoms with Crippen LogP contribution in [0.25, 0.3) is 0 Å². The number of benzene rings is 1. The molecule has 0 radical (unpaired) electrons. The predicted molar refractivity (Wildman–Crippen MR) is 88.0 cm³/mol. The van der Waals surface area contributed by atoms with E-state index in [0.29, 0.717) is 0 Å². The molecule has 1 aliphatic heterocycles. The highest BCUT2D eigenvalue weighted by Crippen LogP contribution is 2.48. The molecule has 0 bridgehead atoms. The van der Waals surface area contributed by atoms with Crippen LogP contribution < -0.4 is 10.1 Å². The lowest BCUT2D eigenvalue weighted by molar-refractivity contribution is -0.194. The normalized spacial score (nSPS) is 20.0. The molecule has 1 aliphatic rings. The van der Waals surface area contributed by atoms with Crippen molar-refractivity contribution in [1.29, 1.82) is 0 Å². The number of hydrogen-bond donors (Lipinski definition) is 1. The average Bonchev–Trinajstić information content (AvgIpc) is 2.52. The number of nitrogens with one attached hydrogen (secondary N) is 1. The second-order valence-corrected chi connectivity index (χ2v) is 6.04. The summed E-state index contributed by atoms with van der Waals surface area (Å²) in [6.45, 7) is 1.23. The van der Waals surface area contributed by atoms with E-state index in [2.05, 4.69) is 32.2 Å². The van der Waals surface area contributed by atoms with E-state index in [1.807, 2.05) is 0 Å². The van der Waals surface area contributed by atoms with Crippen molar-refractivity contribution in [2.75, 3.05) is 13.2 Å². The lowest BCUT2D eigenvalue weighted by Gasteiger charge is -2.35. The summed E-state index contributed by atoms with van der Waals surface area (Å²) >= 11 is 3.00. The second-order valence-electron chi connectivity index (χ2n) is 5.19. The van der Waals surface area contributed by atoms with Crippen LogP contribution in [-0.2, 0) is 15.1 Å². The Morgan fingerprint density at radius 2 is 2.12 bits per heavy atom. The number of carbonyl (C=O) groups excluding carboxylic acids is 1. The Balaban J connectivity index is 2.71. The molecule has 0 spiro atoms. The molecule has 1 unspecified atom stereocenters. The smallest absolute Gasteiger partial charge is 0.418 e. The minimum Gasteiger partial charge on any atom is -0.480 e. The molecule has 10 heteroatoms. The number of alkyl halides is 3. The summed E-state index contributed by atoms with van der Waals surface area (Å²) in [6.07, 6.45) is -1.15. The summed E-state index contributed by atoms with van der Waals surface area (Å²) in [7, 11) is 0. The van der Waals surface area contributed by atoms with Crippen LogP contribution in [0.15, 0.2) is 21.6 Å². The van der Waals surface area contributed by atoms with Crippen molar-refractivity contribution in [1.82, 2.24) is 5.32 Å². The molecular weight excluding hydrogens is 424 g/mol. The molecular formula is C16H13BrF4N2O3. The third-order valence-corrected chi connectivity index (χ3v) is 4.10. The maximum atomic E-state index is 14.5. The third-order valence-electron chi connectivity index (χ3n) is 3.48. The van der Waals surface area contributed by atoms with Crippen molar-refractivity contribution in [3.05, 3.63) is 28.0 Å². The predicted octanol–water partition coefficient (Wildman–Crippen LogP) is 3.27. The number of ether oxygens (including phenoxy) is 2. The number of aliphatic imine (C=N–C) groups is 1. The van der Waals surface area contributed by atoms with E-state index >= 15 is 0 Å². The molecule has 0 saturated heterocycles. The van der Waals surface area contributed by atoms with E-state index in [1.165, 1.54) is 6.92 Å². The lowest BCUT2D eigenvalue weighted by atomic mass is 9.84. The van der Waals surface area contributed by atoms with Crippen molar-refractivity contribution in [2.24, 2.45) is 4.99 Å². The van der Waals surface area contributed by atoms with Crippen molar-refractivity contribution >= 4 is 27.9 Å². The van der Waals surface area contributed by atoms with Gasteiger partial charge in [0.2, 0.25) is 5.91 Å². The van der Waals surface area contributed by atoms with Gasteiger partial charge in [0.25, 0.3) is 6.02 Å². The van der Waals surface area contributed by atoms with Gasteiger partial charge in [-0.15, -0.1) is 6.42 Å². The van der Waals surface area contributed by atoms with Gasteiger partial charge in [0, 0.05) is 5.56 Å². The van der Waals surface area contributed by atoms with Crippen molar-refractivity contribution in [3.63, 3.8) is 0 Å². The van der Waals surface area contributed by atoms with Crippen LogP contribution in [0.4, 0.5) is 17.6 Å². The summed E-state index contributed by atoms with van der Waals surface area (Å²) in [6, 6.07) is 1.00. The number of hydrogen-bond acceptors (Lipinski definition) is 4. The minimum atomic E-state index is -5.08. The molecule has 140 valence electrons. The first-order valence-corrected chi connectivity index (χ1v) is 8.09. The van der Waals surface area contributed by atoms with E-state index in [1.54, 1.807) is 0 Å². The Labute approximate surface area is 154 Å². The van der Waals surface area contributed by atoms with Gasteiger partial charge in [-0.25, -0.2) is 9.38 Å². The van der Waals surface area contributed by atoms with Gasteiger partial charge in [-0.1, -0.05) is 5.92 Å². The van der Waals surface area contributed by atoms with Crippen molar-refractivity contribution in [3.8, 4) is 18.1 Å². The highest BCUT2D eigenvalue weighted by atomic mass is 79.9. The van der Waals surface area contributed by atoms with Crippen LogP contribution in [0.3, 0.4) is 0 Å². The van der Waals surface area contributed by atoms with Gasteiger partial charge >= 0.3 is 6.18 Å². The standard InChI is InChI=1S/C16H13BrF4N2O3/c1-3-5-26-12-6-9(11(18)7-10(12)17)15(16(19,20)21)8-13(24)22-14(23-15)25-4-2/h1,6-7H,4-5,8H2,2H3,(H,22,23,24). The molecule has 1 aromatic rings. The molecule has 1 atom stereocenters. The molecule has 1 heterocycles. The van der Waals surface area contributed by atoms with Gasteiger partial charge in [0.1, 0.15) is 18.2 Å². The van der Waals surface area contributed by atoms with Gasteiger partial charge in [-0.2, -0.15) is 13.2 Å². The fourth-order valence-electron chi connectivity index (χ4n) is 2.39. The Bertz CT molecular complexity index is 789. The Morgan fingerprint density at radius 1 is 1.42 bits per heavy atom. The molecule has 0 aromatic heterocycles. The molecule has 0 fully saturated rings. The summed E-state index contributed by atoms with van der Waals surface area (Å²) in [5.41, 5.74) is -4.02. The summed E-state index contributed by atoms with van der Waals surface area (Å²) in [4.78, 5) is 15.4. The van der Waals surface area contributed by atoms with E-state index in [0.717, 1.165) is 12.1 Å². The topological polar surface area (TPSA) is 59.9 Å². The Hall–Kier alpha value is -2.28. The monoisotopic (exact) mass is 436 g/mol. The van der Waals surface area contributed by atoms with Crippen LogP contribution in [0.2, 0.25) is 0 Å². The molecule has 1 amide bonds. The molecule has 1 aromatic carbocycles. The molecule has 1 N–H and O–H groups in total. The van der Waals surface area contributed by atoms with Crippen LogP contribution >= 0.6 is 15.9 Å². The maximum Gasteiger partial charge on any atom is 0.418 e. The van der Waals surface area contributed by atoms with E-state index in [9.17, 15) is 22.4 Å². The Morgan fingerprint density at radius 3 is 2.69 bits per heavy atom. The zero-order valence-corrected chi connectivity index (χ0v) is 15.0. The average molecular weight is 437 g/mol. The van der Waals surface area contributed by atoms with E-state index in [-0.39, 0.29) is 23.4 Å².